The molecule has 9 heteroatoms. The molecule has 0 aromatic heterocycles. The van der Waals surface area contributed by atoms with Crippen LogP contribution < -0.4 is 25.4 Å². The Balaban J connectivity index is 0.00000363. The zero-order valence-corrected chi connectivity index (χ0v) is 21.3. The molecule has 1 aromatic rings. The van der Waals surface area contributed by atoms with Crippen LogP contribution in [0.2, 0.25) is 0 Å². The summed E-state index contributed by atoms with van der Waals surface area (Å²) in [6, 6.07) is 5.71. The lowest BCUT2D eigenvalue weighted by atomic mass is 9.98. The van der Waals surface area contributed by atoms with Gasteiger partial charge in [-0.05, 0) is 38.3 Å². The first kappa shape index (κ1) is 26.5. The average molecular weight is 560 g/mol. The van der Waals surface area contributed by atoms with Crippen molar-refractivity contribution >= 4 is 41.5 Å². The van der Waals surface area contributed by atoms with Gasteiger partial charge in [-0.2, -0.15) is 0 Å². The predicted molar refractivity (Wildman–Crippen MR) is 138 cm³/mol. The summed E-state index contributed by atoms with van der Waals surface area (Å²) in [5, 5.41) is 9.34. The molecule has 1 aliphatic heterocycles. The molecule has 0 spiro atoms. The number of aliphatic imine (C=N–C) groups is 1. The van der Waals surface area contributed by atoms with E-state index in [4.69, 9.17) is 14.2 Å². The fourth-order valence-corrected chi connectivity index (χ4v) is 3.68. The minimum absolute atomic E-state index is 0. The van der Waals surface area contributed by atoms with Crippen LogP contribution in [0.25, 0.3) is 0 Å². The van der Waals surface area contributed by atoms with Gasteiger partial charge in [-0.1, -0.05) is 19.3 Å². The number of amides is 1. The van der Waals surface area contributed by atoms with E-state index in [9.17, 15) is 4.79 Å². The van der Waals surface area contributed by atoms with Crippen LogP contribution >= 0.6 is 24.0 Å². The van der Waals surface area contributed by atoms with Gasteiger partial charge in [-0.15, -0.1) is 24.0 Å². The molecule has 2 aliphatic rings. The Hall–Kier alpha value is -1.75. The molecular formula is C23H37IN4O4. The van der Waals surface area contributed by atoms with Crippen molar-refractivity contribution in [2.45, 2.75) is 58.0 Å². The van der Waals surface area contributed by atoms with Gasteiger partial charge in [0.2, 0.25) is 5.91 Å². The van der Waals surface area contributed by atoms with Gasteiger partial charge in [0, 0.05) is 37.9 Å². The number of nitrogens with one attached hydrogen (secondary N) is 3. The van der Waals surface area contributed by atoms with E-state index in [0.717, 1.165) is 30.9 Å². The molecule has 0 saturated heterocycles. The second-order valence-electron chi connectivity index (χ2n) is 7.87. The van der Waals surface area contributed by atoms with Crippen LogP contribution in [0.4, 0.5) is 5.69 Å². The van der Waals surface area contributed by atoms with Crippen molar-refractivity contribution < 1.29 is 19.0 Å². The van der Waals surface area contributed by atoms with Crippen LogP contribution in [-0.4, -0.2) is 57.4 Å². The number of rotatable bonds is 9. The summed E-state index contributed by atoms with van der Waals surface area (Å²) in [6.07, 6.45) is 8.40. The van der Waals surface area contributed by atoms with E-state index >= 15 is 0 Å². The van der Waals surface area contributed by atoms with Crippen molar-refractivity contribution in [2.75, 3.05) is 44.8 Å². The molecule has 1 heterocycles. The van der Waals surface area contributed by atoms with Gasteiger partial charge in [-0.25, -0.2) is 4.99 Å². The summed E-state index contributed by atoms with van der Waals surface area (Å²) in [6.45, 7) is 5.27. The van der Waals surface area contributed by atoms with Crippen molar-refractivity contribution in [3.05, 3.63) is 18.2 Å². The largest absolute Gasteiger partial charge is 0.490 e. The highest BCUT2D eigenvalue weighted by Gasteiger charge is 2.14. The molecule has 180 valence electrons. The molecule has 32 heavy (non-hydrogen) atoms. The first-order valence-corrected chi connectivity index (χ1v) is 11.6. The number of hydrogen-bond acceptors (Lipinski definition) is 5. The van der Waals surface area contributed by atoms with Crippen LogP contribution in [0, 0.1) is 0 Å². The topological polar surface area (TPSA) is 93.2 Å². The Morgan fingerprint density at radius 1 is 1.09 bits per heavy atom. The summed E-state index contributed by atoms with van der Waals surface area (Å²) in [7, 11) is 0. The SMILES string of the molecule is CCNC(=O)CN=C(NCCCOC1CCCCC1)Nc1ccc2c(c1)OCCCO2.I. The van der Waals surface area contributed by atoms with Gasteiger partial charge in [-0.3, -0.25) is 4.79 Å². The molecule has 0 bridgehead atoms. The quantitative estimate of drug-likeness (QED) is 0.185. The zero-order valence-electron chi connectivity index (χ0n) is 19.0. The number of nitrogens with zero attached hydrogens (tertiary/aromatic N) is 1. The number of hydrogen-bond donors (Lipinski definition) is 3. The fraction of sp³-hybridized carbons (Fsp3) is 0.652. The Labute approximate surface area is 208 Å². The standard InChI is InChI=1S/C23H36N4O4.HI/c1-2-24-22(28)17-26-23(25-12-6-13-29-19-8-4-3-5-9-19)27-18-10-11-20-21(16-18)31-15-7-14-30-20;/h10-11,16,19H,2-9,12-15,17H2,1H3,(H,24,28)(H2,25,26,27);1H. The van der Waals surface area contributed by atoms with E-state index in [0.29, 0.717) is 44.1 Å². The number of anilines is 1. The third kappa shape index (κ3) is 9.40. The highest BCUT2D eigenvalue weighted by Crippen LogP contribution is 2.32. The molecule has 1 saturated carbocycles. The zero-order chi connectivity index (χ0) is 21.7. The second-order valence-corrected chi connectivity index (χ2v) is 7.87. The third-order valence-electron chi connectivity index (χ3n) is 5.28. The molecule has 1 aliphatic carbocycles. The third-order valence-corrected chi connectivity index (χ3v) is 5.28. The van der Waals surface area contributed by atoms with E-state index < -0.39 is 0 Å². The van der Waals surface area contributed by atoms with Crippen LogP contribution in [0.1, 0.15) is 51.9 Å². The summed E-state index contributed by atoms with van der Waals surface area (Å²) < 4.78 is 17.4. The Kier molecular flexibility index (Phi) is 12.5. The van der Waals surface area contributed by atoms with Crippen LogP contribution in [0.15, 0.2) is 23.2 Å². The molecule has 1 amide bonds. The van der Waals surface area contributed by atoms with Crippen molar-refractivity contribution in [3.8, 4) is 11.5 Å². The smallest absolute Gasteiger partial charge is 0.241 e. The van der Waals surface area contributed by atoms with Crippen molar-refractivity contribution in [3.63, 3.8) is 0 Å². The van der Waals surface area contributed by atoms with E-state index in [1.807, 2.05) is 25.1 Å². The molecule has 0 unspecified atom stereocenters. The molecule has 1 fully saturated rings. The molecule has 8 nitrogen and oxygen atoms in total. The van der Waals surface area contributed by atoms with E-state index in [1.54, 1.807) is 0 Å². The summed E-state index contributed by atoms with van der Waals surface area (Å²) in [5.74, 6) is 1.91. The van der Waals surface area contributed by atoms with Gasteiger partial charge >= 0.3 is 0 Å². The predicted octanol–water partition coefficient (Wildman–Crippen LogP) is 3.70. The van der Waals surface area contributed by atoms with Gasteiger partial charge < -0.3 is 30.2 Å². The molecule has 0 radical (unpaired) electrons. The second kappa shape index (κ2) is 15.2. The van der Waals surface area contributed by atoms with Gasteiger partial charge in [0.25, 0.3) is 0 Å². The number of carbonyl (C=O) groups excluding carboxylic acids is 1. The molecule has 0 atom stereocenters. The first-order valence-electron chi connectivity index (χ1n) is 11.6. The highest BCUT2D eigenvalue weighted by atomic mass is 127. The number of benzene rings is 1. The lowest BCUT2D eigenvalue weighted by Gasteiger charge is -2.22. The highest BCUT2D eigenvalue weighted by molar-refractivity contribution is 14.0. The lowest BCUT2D eigenvalue weighted by Crippen LogP contribution is -2.34. The van der Waals surface area contributed by atoms with Gasteiger partial charge in [0.05, 0.1) is 19.3 Å². The van der Waals surface area contributed by atoms with Gasteiger partial charge in [0.1, 0.15) is 6.54 Å². The summed E-state index contributed by atoms with van der Waals surface area (Å²) in [5.41, 5.74) is 0.824. The maximum atomic E-state index is 11.9. The number of carbonyl (C=O) groups is 1. The molecular weight excluding hydrogens is 523 g/mol. The minimum Gasteiger partial charge on any atom is -0.490 e. The summed E-state index contributed by atoms with van der Waals surface area (Å²) >= 11 is 0. The number of ether oxygens (including phenoxy) is 3. The molecule has 3 N–H and O–H groups in total. The summed E-state index contributed by atoms with van der Waals surface area (Å²) in [4.78, 5) is 16.3. The van der Waals surface area contributed by atoms with E-state index in [1.165, 1.54) is 32.1 Å². The number of halogens is 1. The molecule has 3 rings (SSSR count). The maximum absolute atomic E-state index is 11.9. The van der Waals surface area contributed by atoms with E-state index in [-0.39, 0.29) is 36.4 Å². The molecule has 1 aromatic carbocycles. The first-order chi connectivity index (χ1) is 15.2. The minimum atomic E-state index is -0.108. The van der Waals surface area contributed by atoms with Crippen LogP contribution in [0.3, 0.4) is 0 Å². The number of guanidine groups is 1. The van der Waals surface area contributed by atoms with Gasteiger partial charge in [0.15, 0.2) is 17.5 Å². The maximum Gasteiger partial charge on any atom is 0.241 e. The Morgan fingerprint density at radius 3 is 2.66 bits per heavy atom. The monoisotopic (exact) mass is 560 g/mol. The fourth-order valence-electron chi connectivity index (χ4n) is 3.68. The van der Waals surface area contributed by atoms with Crippen molar-refractivity contribution in [1.29, 1.82) is 0 Å². The normalized spacial score (nSPS) is 16.5. The Morgan fingerprint density at radius 2 is 1.88 bits per heavy atom. The van der Waals surface area contributed by atoms with Crippen LogP contribution in [0.5, 0.6) is 11.5 Å². The van der Waals surface area contributed by atoms with E-state index in [2.05, 4.69) is 20.9 Å². The lowest BCUT2D eigenvalue weighted by molar-refractivity contribution is -0.119. The van der Waals surface area contributed by atoms with Crippen molar-refractivity contribution in [1.82, 2.24) is 10.6 Å². The number of fused-ring (bicyclic) bond motifs is 1. The van der Waals surface area contributed by atoms with Crippen LogP contribution in [-0.2, 0) is 9.53 Å². The van der Waals surface area contributed by atoms with Crippen molar-refractivity contribution in [2.24, 2.45) is 4.99 Å². The Bertz CT molecular complexity index is 726. The average Bonchev–Trinajstić information content (AvgIpc) is 3.03. The number of likely N-dealkylation sites (N-methyl/N-ethyl adjacent to an activating group) is 1.